The number of carbonyl (C=O) groups excluding carboxylic acids is 1. The van der Waals surface area contributed by atoms with Crippen LogP contribution in [0.3, 0.4) is 0 Å². The summed E-state index contributed by atoms with van der Waals surface area (Å²) in [6.07, 6.45) is 3.50. The molecular formula is C21H28N4O2. The van der Waals surface area contributed by atoms with E-state index in [0.717, 1.165) is 36.4 Å². The van der Waals surface area contributed by atoms with Crippen LogP contribution in [0.15, 0.2) is 30.6 Å². The average Bonchev–Trinajstić information content (AvgIpc) is 3.06. The Hall–Kier alpha value is -2.50. The minimum atomic E-state index is -0.418. The maximum atomic E-state index is 12.4. The van der Waals surface area contributed by atoms with E-state index in [-0.39, 0.29) is 6.03 Å². The monoisotopic (exact) mass is 368 g/mol. The van der Waals surface area contributed by atoms with Gasteiger partial charge in [0.15, 0.2) is 5.60 Å². The molecule has 2 aliphatic heterocycles. The SMILES string of the molecule is CC(C)Cn1cnc2c1C1(CCN(C(=O)N(C)C)CC1)Oc1ccccc1-2. The molecule has 0 atom stereocenters. The van der Waals surface area contributed by atoms with E-state index in [1.54, 1.807) is 19.0 Å². The Labute approximate surface area is 160 Å². The lowest BCUT2D eigenvalue weighted by molar-refractivity contribution is -0.00414. The van der Waals surface area contributed by atoms with Gasteiger partial charge in [0.25, 0.3) is 0 Å². The van der Waals surface area contributed by atoms with Gasteiger partial charge in [-0.1, -0.05) is 26.0 Å². The van der Waals surface area contributed by atoms with Crippen LogP contribution in [0.2, 0.25) is 0 Å². The number of nitrogens with zero attached hydrogens (tertiary/aromatic N) is 4. The molecule has 2 aliphatic rings. The predicted octanol–water partition coefficient (Wildman–Crippen LogP) is 3.57. The normalized spacial score (nSPS) is 17.4. The summed E-state index contributed by atoms with van der Waals surface area (Å²) in [6, 6.07) is 8.21. The third kappa shape index (κ3) is 2.97. The Morgan fingerprint density at radius 1 is 1.26 bits per heavy atom. The Balaban J connectivity index is 1.73. The maximum Gasteiger partial charge on any atom is 0.319 e. The first kappa shape index (κ1) is 17.9. The van der Waals surface area contributed by atoms with Gasteiger partial charge in [0, 0.05) is 52.1 Å². The van der Waals surface area contributed by atoms with Gasteiger partial charge in [-0.15, -0.1) is 0 Å². The molecule has 144 valence electrons. The zero-order valence-electron chi connectivity index (χ0n) is 16.6. The first-order valence-corrected chi connectivity index (χ1v) is 9.71. The van der Waals surface area contributed by atoms with Crippen LogP contribution in [0.1, 0.15) is 32.4 Å². The molecule has 0 aliphatic carbocycles. The van der Waals surface area contributed by atoms with E-state index in [9.17, 15) is 4.79 Å². The fourth-order valence-corrected chi connectivity index (χ4v) is 4.28. The van der Waals surface area contributed by atoms with Crippen LogP contribution in [0.5, 0.6) is 5.75 Å². The number of para-hydroxylation sites is 1. The lowest BCUT2D eigenvalue weighted by Crippen LogP contribution is -2.52. The topological polar surface area (TPSA) is 50.6 Å². The van der Waals surface area contributed by atoms with Crippen molar-refractivity contribution in [3.05, 3.63) is 36.3 Å². The van der Waals surface area contributed by atoms with Gasteiger partial charge in [-0.3, -0.25) is 0 Å². The second-order valence-corrected chi connectivity index (χ2v) is 8.24. The number of ether oxygens (including phenoxy) is 1. The van der Waals surface area contributed by atoms with Crippen LogP contribution < -0.4 is 4.74 Å². The van der Waals surface area contributed by atoms with E-state index in [2.05, 4.69) is 24.5 Å². The van der Waals surface area contributed by atoms with Crippen molar-refractivity contribution in [3.8, 4) is 17.0 Å². The van der Waals surface area contributed by atoms with E-state index < -0.39 is 5.60 Å². The van der Waals surface area contributed by atoms with Crippen molar-refractivity contribution < 1.29 is 9.53 Å². The number of likely N-dealkylation sites (tertiary alicyclic amines) is 1. The second kappa shape index (κ2) is 6.59. The van der Waals surface area contributed by atoms with E-state index in [0.29, 0.717) is 19.0 Å². The van der Waals surface area contributed by atoms with Gasteiger partial charge >= 0.3 is 6.03 Å². The highest BCUT2D eigenvalue weighted by atomic mass is 16.5. The summed E-state index contributed by atoms with van der Waals surface area (Å²) in [6.45, 7) is 6.72. The summed E-state index contributed by atoms with van der Waals surface area (Å²) in [5, 5.41) is 0. The molecular weight excluding hydrogens is 340 g/mol. The van der Waals surface area contributed by atoms with Gasteiger partial charge in [-0.05, 0) is 18.1 Å². The van der Waals surface area contributed by atoms with Gasteiger partial charge < -0.3 is 19.1 Å². The lowest BCUT2D eigenvalue weighted by Gasteiger charge is -2.45. The molecule has 0 radical (unpaired) electrons. The van der Waals surface area contributed by atoms with E-state index in [1.807, 2.05) is 29.4 Å². The Bertz CT molecular complexity index is 848. The van der Waals surface area contributed by atoms with Crippen molar-refractivity contribution in [3.63, 3.8) is 0 Å². The third-order valence-corrected chi connectivity index (χ3v) is 5.50. The van der Waals surface area contributed by atoms with Crippen molar-refractivity contribution in [2.45, 2.75) is 38.8 Å². The Morgan fingerprint density at radius 2 is 1.96 bits per heavy atom. The number of amides is 2. The molecule has 1 fully saturated rings. The number of hydrogen-bond donors (Lipinski definition) is 0. The predicted molar refractivity (Wildman–Crippen MR) is 105 cm³/mol. The summed E-state index contributed by atoms with van der Waals surface area (Å²) < 4.78 is 8.91. The number of piperidine rings is 1. The van der Waals surface area contributed by atoms with E-state index >= 15 is 0 Å². The quantitative estimate of drug-likeness (QED) is 0.814. The van der Waals surface area contributed by atoms with E-state index in [1.165, 1.54) is 5.69 Å². The van der Waals surface area contributed by atoms with Crippen molar-refractivity contribution in [2.75, 3.05) is 27.2 Å². The van der Waals surface area contributed by atoms with Gasteiger partial charge in [-0.25, -0.2) is 9.78 Å². The minimum Gasteiger partial charge on any atom is -0.480 e. The highest BCUT2D eigenvalue weighted by Gasteiger charge is 2.47. The molecule has 3 heterocycles. The van der Waals surface area contributed by atoms with Crippen LogP contribution >= 0.6 is 0 Å². The molecule has 0 saturated carbocycles. The number of rotatable bonds is 2. The first-order chi connectivity index (χ1) is 12.9. The third-order valence-electron chi connectivity index (χ3n) is 5.50. The van der Waals surface area contributed by atoms with Crippen LogP contribution in [0.25, 0.3) is 11.3 Å². The zero-order valence-corrected chi connectivity index (χ0v) is 16.6. The molecule has 1 aromatic carbocycles. The number of carbonyl (C=O) groups is 1. The number of urea groups is 1. The smallest absolute Gasteiger partial charge is 0.319 e. The van der Waals surface area contributed by atoms with Gasteiger partial charge in [0.05, 0.1) is 17.7 Å². The van der Waals surface area contributed by atoms with E-state index in [4.69, 9.17) is 9.72 Å². The number of aromatic nitrogens is 2. The van der Waals surface area contributed by atoms with Crippen LogP contribution in [0.4, 0.5) is 4.79 Å². The molecule has 1 aromatic heterocycles. The molecule has 0 unspecified atom stereocenters. The standard InChI is InChI=1S/C21H28N4O2/c1-15(2)13-25-14-22-18-16-7-5-6-8-17(16)27-21(19(18)25)9-11-24(12-10-21)20(26)23(3)4/h5-8,14-15H,9-13H2,1-4H3. The summed E-state index contributed by atoms with van der Waals surface area (Å²) in [4.78, 5) is 20.7. The lowest BCUT2D eigenvalue weighted by atomic mass is 9.83. The van der Waals surface area contributed by atoms with Crippen molar-refractivity contribution in [1.29, 1.82) is 0 Å². The number of imidazole rings is 1. The fourth-order valence-electron chi connectivity index (χ4n) is 4.28. The molecule has 1 saturated heterocycles. The largest absolute Gasteiger partial charge is 0.480 e. The number of hydrogen-bond acceptors (Lipinski definition) is 3. The molecule has 0 N–H and O–H groups in total. The van der Waals surface area contributed by atoms with Crippen molar-refractivity contribution >= 4 is 6.03 Å². The fraction of sp³-hybridized carbons (Fsp3) is 0.524. The van der Waals surface area contributed by atoms with Crippen molar-refractivity contribution in [1.82, 2.24) is 19.4 Å². The Kier molecular flexibility index (Phi) is 4.36. The summed E-state index contributed by atoms with van der Waals surface area (Å²) in [7, 11) is 3.60. The van der Waals surface area contributed by atoms with Gasteiger partial charge in [0.2, 0.25) is 0 Å². The molecule has 27 heavy (non-hydrogen) atoms. The number of benzene rings is 1. The second-order valence-electron chi connectivity index (χ2n) is 8.24. The minimum absolute atomic E-state index is 0.0666. The first-order valence-electron chi connectivity index (χ1n) is 9.71. The summed E-state index contributed by atoms with van der Waals surface area (Å²) in [5.41, 5.74) is 2.85. The maximum absolute atomic E-state index is 12.4. The molecule has 4 rings (SSSR count). The van der Waals surface area contributed by atoms with Crippen LogP contribution in [-0.2, 0) is 12.1 Å². The van der Waals surface area contributed by atoms with Gasteiger partial charge in [-0.2, -0.15) is 0 Å². The highest BCUT2D eigenvalue weighted by molar-refractivity contribution is 5.75. The summed E-state index contributed by atoms with van der Waals surface area (Å²) in [5.74, 6) is 1.42. The molecule has 6 nitrogen and oxygen atoms in total. The van der Waals surface area contributed by atoms with Gasteiger partial charge in [0.1, 0.15) is 5.75 Å². The number of fused-ring (bicyclic) bond motifs is 4. The zero-order chi connectivity index (χ0) is 19.2. The molecule has 6 heteroatoms. The summed E-state index contributed by atoms with van der Waals surface area (Å²) >= 11 is 0. The highest BCUT2D eigenvalue weighted by Crippen LogP contribution is 2.49. The Morgan fingerprint density at radius 3 is 2.63 bits per heavy atom. The molecule has 0 bridgehead atoms. The van der Waals surface area contributed by atoms with Crippen molar-refractivity contribution in [2.24, 2.45) is 5.92 Å². The van der Waals surface area contributed by atoms with Crippen LogP contribution in [0, 0.1) is 5.92 Å². The molecule has 2 amide bonds. The van der Waals surface area contributed by atoms with Crippen LogP contribution in [-0.4, -0.2) is 52.6 Å². The average molecular weight is 368 g/mol. The molecule has 1 spiro atoms. The molecule has 2 aromatic rings.